The van der Waals surface area contributed by atoms with Gasteiger partial charge in [0.1, 0.15) is 5.82 Å². The van der Waals surface area contributed by atoms with Crippen LogP contribution < -0.4 is 20.1 Å². The van der Waals surface area contributed by atoms with Gasteiger partial charge in [-0.2, -0.15) is 4.98 Å². The van der Waals surface area contributed by atoms with Crippen LogP contribution in [-0.4, -0.2) is 62.3 Å². The standard InChI is InChI=1S/C15H20BrN5O2/c1-20-4-6-21(7-5-20)15-18-12-9(14(17)19-15)8-10(22-2)13(23-3)11(12)16/h8H,4-7H2,1-3H3,(H2,17,18,19). The molecule has 124 valence electrons. The highest BCUT2D eigenvalue weighted by Crippen LogP contribution is 2.42. The minimum absolute atomic E-state index is 0.436. The van der Waals surface area contributed by atoms with Crippen LogP contribution in [0.25, 0.3) is 10.9 Å². The number of nitrogens with zero attached hydrogens (tertiary/aromatic N) is 4. The summed E-state index contributed by atoms with van der Waals surface area (Å²) < 4.78 is 11.5. The lowest BCUT2D eigenvalue weighted by Crippen LogP contribution is -2.45. The van der Waals surface area contributed by atoms with E-state index in [1.54, 1.807) is 14.2 Å². The second-order valence-electron chi connectivity index (χ2n) is 5.52. The zero-order valence-electron chi connectivity index (χ0n) is 13.5. The van der Waals surface area contributed by atoms with Crippen LogP contribution in [0.4, 0.5) is 11.8 Å². The Hall–Kier alpha value is -1.80. The van der Waals surface area contributed by atoms with E-state index < -0.39 is 0 Å². The molecule has 2 aromatic rings. The molecule has 1 aliphatic heterocycles. The van der Waals surface area contributed by atoms with Gasteiger partial charge >= 0.3 is 0 Å². The fourth-order valence-electron chi connectivity index (χ4n) is 2.69. The molecule has 2 N–H and O–H groups in total. The molecule has 2 heterocycles. The summed E-state index contributed by atoms with van der Waals surface area (Å²) >= 11 is 3.56. The highest BCUT2D eigenvalue weighted by atomic mass is 79.9. The first-order valence-electron chi connectivity index (χ1n) is 7.36. The molecule has 0 spiro atoms. The van der Waals surface area contributed by atoms with E-state index in [1.165, 1.54) is 0 Å². The van der Waals surface area contributed by atoms with Gasteiger partial charge < -0.3 is 25.0 Å². The Morgan fingerprint density at radius 3 is 2.43 bits per heavy atom. The van der Waals surface area contributed by atoms with Gasteiger partial charge in [0.25, 0.3) is 0 Å². The van der Waals surface area contributed by atoms with Gasteiger partial charge in [-0.1, -0.05) is 0 Å². The van der Waals surface area contributed by atoms with Crippen molar-refractivity contribution >= 4 is 38.6 Å². The second kappa shape index (κ2) is 6.37. The van der Waals surface area contributed by atoms with Crippen molar-refractivity contribution < 1.29 is 9.47 Å². The Bertz CT molecular complexity index is 732. The van der Waals surface area contributed by atoms with Crippen molar-refractivity contribution in [1.82, 2.24) is 14.9 Å². The predicted octanol–water partition coefficient (Wildman–Crippen LogP) is 1.74. The molecule has 8 heteroatoms. The van der Waals surface area contributed by atoms with E-state index in [1.807, 2.05) is 6.07 Å². The summed E-state index contributed by atoms with van der Waals surface area (Å²) in [6, 6.07) is 1.81. The number of likely N-dealkylation sites (N-methyl/N-ethyl adjacent to an activating group) is 1. The van der Waals surface area contributed by atoms with Crippen LogP contribution in [0.15, 0.2) is 10.5 Å². The molecular formula is C15H20BrN5O2. The SMILES string of the molecule is COc1cc2c(N)nc(N3CCN(C)CC3)nc2c(Br)c1OC. The van der Waals surface area contributed by atoms with Crippen LogP contribution in [0.5, 0.6) is 11.5 Å². The third kappa shape index (κ3) is 2.88. The first-order chi connectivity index (χ1) is 11.0. The molecule has 0 amide bonds. The maximum absolute atomic E-state index is 6.17. The van der Waals surface area contributed by atoms with Crippen LogP contribution in [0.2, 0.25) is 0 Å². The first-order valence-corrected chi connectivity index (χ1v) is 8.15. The van der Waals surface area contributed by atoms with Gasteiger partial charge in [0.2, 0.25) is 5.95 Å². The Morgan fingerprint density at radius 2 is 1.83 bits per heavy atom. The lowest BCUT2D eigenvalue weighted by atomic mass is 10.2. The zero-order chi connectivity index (χ0) is 16.6. The molecule has 0 bridgehead atoms. The van der Waals surface area contributed by atoms with Gasteiger partial charge in [-0.05, 0) is 29.0 Å². The number of hydrogen-bond donors (Lipinski definition) is 1. The van der Waals surface area contributed by atoms with Gasteiger partial charge in [0, 0.05) is 31.6 Å². The van der Waals surface area contributed by atoms with Crippen LogP contribution in [0.1, 0.15) is 0 Å². The third-order valence-corrected chi connectivity index (χ3v) is 4.82. The van der Waals surface area contributed by atoms with Gasteiger partial charge in [0.15, 0.2) is 11.5 Å². The van der Waals surface area contributed by atoms with Crippen molar-refractivity contribution in [3.8, 4) is 11.5 Å². The Kier molecular flexibility index (Phi) is 4.45. The average molecular weight is 382 g/mol. The van der Waals surface area contributed by atoms with E-state index in [0.717, 1.165) is 41.6 Å². The Morgan fingerprint density at radius 1 is 1.13 bits per heavy atom. The number of piperazine rings is 1. The van der Waals surface area contributed by atoms with E-state index in [-0.39, 0.29) is 0 Å². The summed E-state index contributed by atoms with van der Waals surface area (Å²) in [7, 11) is 5.30. The highest BCUT2D eigenvalue weighted by Gasteiger charge is 2.21. The fourth-order valence-corrected chi connectivity index (χ4v) is 3.35. The molecule has 1 aliphatic rings. The minimum Gasteiger partial charge on any atom is -0.493 e. The van der Waals surface area contributed by atoms with Crippen molar-refractivity contribution in [3.63, 3.8) is 0 Å². The molecule has 1 aromatic carbocycles. The Balaban J connectivity index is 2.11. The molecule has 23 heavy (non-hydrogen) atoms. The smallest absolute Gasteiger partial charge is 0.228 e. The molecule has 1 saturated heterocycles. The molecule has 0 atom stereocenters. The normalized spacial score (nSPS) is 15.9. The molecular weight excluding hydrogens is 362 g/mol. The average Bonchev–Trinajstić information content (AvgIpc) is 2.55. The fraction of sp³-hybridized carbons (Fsp3) is 0.467. The summed E-state index contributed by atoms with van der Waals surface area (Å²) in [5.74, 6) is 2.28. The zero-order valence-corrected chi connectivity index (χ0v) is 15.1. The van der Waals surface area contributed by atoms with E-state index >= 15 is 0 Å². The van der Waals surface area contributed by atoms with Crippen molar-refractivity contribution in [2.75, 3.05) is 58.1 Å². The number of fused-ring (bicyclic) bond motifs is 1. The number of methoxy groups -OCH3 is 2. The number of nitrogen functional groups attached to an aromatic ring is 1. The molecule has 0 unspecified atom stereocenters. The number of aromatic nitrogens is 2. The molecule has 0 aliphatic carbocycles. The van der Waals surface area contributed by atoms with E-state index in [9.17, 15) is 0 Å². The minimum atomic E-state index is 0.436. The molecule has 1 aromatic heterocycles. The summed E-state index contributed by atoms with van der Waals surface area (Å²) in [6.07, 6.45) is 0. The number of anilines is 2. The summed E-state index contributed by atoms with van der Waals surface area (Å²) in [6.45, 7) is 3.72. The molecule has 7 nitrogen and oxygen atoms in total. The molecule has 0 radical (unpaired) electrons. The topological polar surface area (TPSA) is 76.7 Å². The van der Waals surface area contributed by atoms with Gasteiger partial charge in [-0.3, -0.25) is 0 Å². The maximum atomic E-state index is 6.17. The monoisotopic (exact) mass is 381 g/mol. The summed E-state index contributed by atoms with van der Waals surface area (Å²) in [5.41, 5.74) is 6.90. The number of nitrogens with two attached hydrogens (primary N) is 1. The molecule has 3 rings (SSSR count). The second-order valence-corrected chi connectivity index (χ2v) is 6.31. The Labute approximate surface area is 143 Å². The van der Waals surface area contributed by atoms with E-state index in [4.69, 9.17) is 20.2 Å². The lowest BCUT2D eigenvalue weighted by Gasteiger charge is -2.32. The van der Waals surface area contributed by atoms with Crippen molar-refractivity contribution in [1.29, 1.82) is 0 Å². The molecule has 1 fully saturated rings. The third-order valence-electron chi connectivity index (χ3n) is 4.08. The van der Waals surface area contributed by atoms with E-state index in [2.05, 4.69) is 37.8 Å². The number of halogens is 1. The summed E-state index contributed by atoms with van der Waals surface area (Å²) in [5, 5.41) is 0.743. The number of benzene rings is 1. The van der Waals surface area contributed by atoms with Crippen LogP contribution in [0.3, 0.4) is 0 Å². The van der Waals surface area contributed by atoms with Gasteiger partial charge in [-0.15, -0.1) is 0 Å². The van der Waals surface area contributed by atoms with Crippen molar-refractivity contribution in [2.24, 2.45) is 0 Å². The number of hydrogen-bond acceptors (Lipinski definition) is 7. The van der Waals surface area contributed by atoms with E-state index in [0.29, 0.717) is 23.3 Å². The van der Waals surface area contributed by atoms with Gasteiger partial charge in [0.05, 0.1) is 24.2 Å². The van der Waals surface area contributed by atoms with Gasteiger partial charge in [-0.25, -0.2) is 4.98 Å². The first kappa shape index (κ1) is 16.1. The quantitative estimate of drug-likeness (QED) is 0.867. The van der Waals surface area contributed by atoms with Crippen molar-refractivity contribution in [3.05, 3.63) is 10.5 Å². The predicted molar refractivity (Wildman–Crippen MR) is 94.5 cm³/mol. The summed E-state index contributed by atoms with van der Waals surface area (Å²) in [4.78, 5) is 13.6. The maximum Gasteiger partial charge on any atom is 0.228 e. The lowest BCUT2D eigenvalue weighted by molar-refractivity contribution is 0.311. The van der Waals surface area contributed by atoms with Crippen molar-refractivity contribution in [2.45, 2.75) is 0 Å². The van der Waals surface area contributed by atoms with Crippen LogP contribution in [-0.2, 0) is 0 Å². The number of ether oxygens (including phenoxy) is 2. The number of rotatable bonds is 3. The molecule has 0 saturated carbocycles. The van der Waals surface area contributed by atoms with Crippen LogP contribution >= 0.6 is 15.9 Å². The largest absolute Gasteiger partial charge is 0.493 e. The highest BCUT2D eigenvalue weighted by molar-refractivity contribution is 9.10. The van der Waals surface area contributed by atoms with Crippen LogP contribution in [0, 0.1) is 0 Å².